The molecule has 33 heavy (non-hydrogen) atoms. The fraction of sp³-hybridized carbons (Fsp3) is 0.261. The number of ether oxygens (including phenoxy) is 1. The molecule has 0 radical (unpaired) electrons. The van der Waals surface area contributed by atoms with Crippen LogP contribution in [0.4, 0.5) is 11.6 Å². The highest BCUT2D eigenvalue weighted by molar-refractivity contribution is 7.92. The number of esters is 1. The van der Waals surface area contributed by atoms with Gasteiger partial charge in [-0.2, -0.15) is 0 Å². The Hall–Kier alpha value is -3.66. The Kier molecular flexibility index (Phi) is 7.83. The predicted octanol–water partition coefficient (Wildman–Crippen LogP) is 3.92. The summed E-state index contributed by atoms with van der Waals surface area (Å²) in [6.07, 6.45) is 3.08. The van der Waals surface area contributed by atoms with Crippen molar-refractivity contribution in [1.82, 2.24) is 5.16 Å². The van der Waals surface area contributed by atoms with E-state index in [0.29, 0.717) is 11.4 Å². The summed E-state index contributed by atoms with van der Waals surface area (Å²) < 4.78 is 37.9. The minimum atomic E-state index is -3.93. The van der Waals surface area contributed by atoms with Crippen LogP contribution in [0.5, 0.6) is 0 Å². The van der Waals surface area contributed by atoms with Crippen LogP contribution in [0.25, 0.3) is 0 Å². The topological polar surface area (TPSA) is 128 Å². The highest BCUT2D eigenvalue weighted by Crippen LogP contribution is 2.19. The maximum atomic E-state index is 12.8. The first-order valence-corrected chi connectivity index (χ1v) is 11.9. The summed E-state index contributed by atoms with van der Waals surface area (Å²) >= 11 is 0. The number of nitrogens with zero attached hydrogens (tertiary/aromatic N) is 1. The molecule has 3 aromatic rings. The minimum absolute atomic E-state index is 0.00361. The number of hydrogen-bond acceptors (Lipinski definition) is 7. The summed E-state index contributed by atoms with van der Waals surface area (Å²) in [6.45, 7) is 3.23. The predicted molar refractivity (Wildman–Crippen MR) is 122 cm³/mol. The van der Waals surface area contributed by atoms with E-state index in [-0.39, 0.29) is 16.3 Å². The Bertz CT molecular complexity index is 1220. The average Bonchev–Trinajstić information content (AvgIpc) is 3.21. The fourth-order valence-corrected chi connectivity index (χ4v) is 4.04. The first kappa shape index (κ1) is 24.0. The van der Waals surface area contributed by atoms with Gasteiger partial charge in [0.15, 0.2) is 6.61 Å². The van der Waals surface area contributed by atoms with Gasteiger partial charge < -0.3 is 9.26 Å². The maximum absolute atomic E-state index is 12.8. The first-order chi connectivity index (χ1) is 15.8. The van der Waals surface area contributed by atoms with E-state index in [0.717, 1.165) is 24.8 Å². The number of hydrogen-bond donors (Lipinski definition) is 2. The molecule has 1 heterocycles. The molecular formula is C23H25N3O6S. The molecule has 0 bridgehead atoms. The molecule has 10 heteroatoms. The molecule has 0 atom stereocenters. The van der Waals surface area contributed by atoms with Gasteiger partial charge in [-0.3, -0.25) is 14.8 Å². The standard InChI is InChI=1S/C23H25N3O6S/c1-3-4-6-17-9-11-19(12-10-17)26-33(29,30)20-8-5-7-18(14-20)23(28)31-15-21(27)24-22-13-16(2)25-32-22/h5,7-14,26H,3-4,6,15H2,1-2H3,(H,24,27). The van der Waals surface area contributed by atoms with E-state index in [1.165, 1.54) is 30.3 Å². The molecule has 0 spiro atoms. The van der Waals surface area contributed by atoms with Crippen LogP contribution < -0.4 is 10.0 Å². The number of unbranched alkanes of at least 4 members (excludes halogenated alkanes) is 1. The quantitative estimate of drug-likeness (QED) is 0.429. The second-order valence-electron chi connectivity index (χ2n) is 7.39. The molecule has 0 aliphatic carbocycles. The number of aromatic nitrogens is 1. The second-order valence-corrected chi connectivity index (χ2v) is 9.07. The van der Waals surface area contributed by atoms with Gasteiger partial charge in [-0.15, -0.1) is 0 Å². The van der Waals surface area contributed by atoms with Gasteiger partial charge in [0.1, 0.15) is 0 Å². The summed E-state index contributed by atoms with van der Waals surface area (Å²) in [7, 11) is -3.93. The van der Waals surface area contributed by atoms with E-state index in [9.17, 15) is 18.0 Å². The normalized spacial score (nSPS) is 11.1. The van der Waals surface area contributed by atoms with Crippen LogP contribution in [0.2, 0.25) is 0 Å². The van der Waals surface area contributed by atoms with Gasteiger partial charge >= 0.3 is 5.97 Å². The number of rotatable bonds is 10. The third-order valence-electron chi connectivity index (χ3n) is 4.63. The van der Waals surface area contributed by atoms with Crippen molar-refractivity contribution in [2.75, 3.05) is 16.6 Å². The summed E-state index contributed by atoms with van der Waals surface area (Å²) in [5.74, 6) is -1.32. The van der Waals surface area contributed by atoms with E-state index < -0.39 is 28.5 Å². The lowest BCUT2D eigenvalue weighted by Crippen LogP contribution is -2.21. The lowest BCUT2D eigenvalue weighted by Gasteiger charge is -2.10. The van der Waals surface area contributed by atoms with Crippen molar-refractivity contribution in [2.45, 2.75) is 38.0 Å². The molecule has 0 saturated heterocycles. The van der Waals surface area contributed by atoms with Crippen LogP contribution in [0, 0.1) is 6.92 Å². The zero-order valence-electron chi connectivity index (χ0n) is 18.3. The largest absolute Gasteiger partial charge is 0.452 e. The van der Waals surface area contributed by atoms with Crippen molar-refractivity contribution in [3.8, 4) is 0 Å². The molecule has 2 aromatic carbocycles. The van der Waals surface area contributed by atoms with Gasteiger partial charge in [-0.1, -0.05) is 36.7 Å². The molecule has 1 aromatic heterocycles. The van der Waals surface area contributed by atoms with Crippen LogP contribution in [-0.2, 0) is 26.0 Å². The number of sulfonamides is 1. The lowest BCUT2D eigenvalue weighted by molar-refractivity contribution is -0.119. The maximum Gasteiger partial charge on any atom is 0.338 e. The van der Waals surface area contributed by atoms with Gasteiger partial charge in [-0.25, -0.2) is 13.2 Å². The second kappa shape index (κ2) is 10.8. The molecule has 174 valence electrons. The molecule has 1 amide bonds. The molecule has 0 aliphatic rings. The van der Waals surface area contributed by atoms with Crippen molar-refractivity contribution in [1.29, 1.82) is 0 Å². The average molecular weight is 472 g/mol. The fourth-order valence-electron chi connectivity index (χ4n) is 2.94. The third kappa shape index (κ3) is 6.91. The number of anilines is 2. The number of amides is 1. The van der Waals surface area contributed by atoms with E-state index in [2.05, 4.69) is 22.1 Å². The Morgan fingerprint density at radius 3 is 2.52 bits per heavy atom. The van der Waals surface area contributed by atoms with E-state index in [1.807, 2.05) is 12.1 Å². The zero-order chi connectivity index (χ0) is 23.8. The van der Waals surface area contributed by atoms with Crippen LogP contribution in [0.15, 0.2) is 64.0 Å². The van der Waals surface area contributed by atoms with Crippen LogP contribution >= 0.6 is 0 Å². The van der Waals surface area contributed by atoms with Crippen LogP contribution in [-0.4, -0.2) is 32.1 Å². The number of nitrogens with one attached hydrogen (secondary N) is 2. The molecule has 0 unspecified atom stereocenters. The Labute approximate surface area is 192 Å². The SMILES string of the molecule is CCCCc1ccc(NS(=O)(=O)c2cccc(C(=O)OCC(=O)Nc3cc(C)no3)c2)cc1. The molecule has 0 aliphatic heterocycles. The molecular weight excluding hydrogens is 446 g/mol. The van der Waals surface area contributed by atoms with Crippen molar-refractivity contribution in [3.63, 3.8) is 0 Å². The smallest absolute Gasteiger partial charge is 0.338 e. The summed E-state index contributed by atoms with van der Waals surface area (Å²) in [5.41, 5.74) is 2.13. The summed E-state index contributed by atoms with van der Waals surface area (Å²) in [4.78, 5) is 24.1. The van der Waals surface area contributed by atoms with Crippen LogP contribution in [0.1, 0.15) is 41.4 Å². The monoisotopic (exact) mass is 471 g/mol. The van der Waals surface area contributed by atoms with Gasteiger partial charge in [0, 0.05) is 11.8 Å². The van der Waals surface area contributed by atoms with Crippen molar-refractivity contribution in [3.05, 3.63) is 71.4 Å². The number of carbonyl (C=O) groups is 2. The third-order valence-corrected chi connectivity index (χ3v) is 6.01. The van der Waals surface area contributed by atoms with Crippen LogP contribution in [0.3, 0.4) is 0 Å². The number of aryl methyl sites for hydroxylation is 2. The zero-order valence-corrected chi connectivity index (χ0v) is 19.1. The first-order valence-electron chi connectivity index (χ1n) is 10.4. The summed E-state index contributed by atoms with van der Waals surface area (Å²) in [6, 6.07) is 14.1. The lowest BCUT2D eigenvalue weighted by atomic mass is 10.1. The van der Waals surface area contributed by atoms with Crippen molar-refractivity contribution >= 4 is 33.5 Å². The molecule has 2 N–H and O–H groups in total. The number of carbonyl (C=O) groups excluding carboxylic acids is 2. The molecule has 0 fully saturated rings. The van der Waals surface area contributed by atoms with E-state index in [1.54, 1.807) is 19.1 Å². The van der Waals surface area contributed by atoms with Gasteiger partial charge in [-0.05, 0) is 55.7 Å². The van der Waals surface area contributed by atoms with Crippen molar-refractivity contribution in [2.24, 2.45) is 0 Å². The Morgan fingerprint density at radius 2 is 1.85 bits per heavy atom. The Balaban J connectivity index is 1.61. The summed E-state index contributed by atoms with van der Waals surface area (Å²) in [5, 5.41) is 6.03. The van der Waals surface area contributed by atoms with Gasteiger partial charge in [0.05, 0.1) is 16.2 Å². The van der Waals surface area contributed by atoms with Gasteiger partial charge in [0.2, 0.25) is 5.88 Å². The highest BCUT2D eigenvalue weighted by atomic mass is 32.2. The number of benzene rings is 2. The molecule has 0 saturated carbocycles. The minimum Gasteiger partial charge on any atom is -0.452 e. The highest BCUT2D eigenvalue weighted by Gasteiger charge is 2.18. The Morgan fingerprint density at radius 1 is 1.09 bits per heavy atom. The van der Waals surface area contributed by atoms with Crippen molar-refractivity contribution < 1.29 is 27.3 Å². The molecule has 9 nitrogen and oxygen atoms in total. The van der Waals surface area contributed by atoms with E-state index >= 15 is 0 Å². The van der Waals surface area contributed by atoms with Gasteiger partial charge in [0.25, 0.3) is 15.9 Å². The molecule has 3 rings (SSSR count). The van der Waals surface area contributed by atoms with E-state index in [4.69, 9.17) is 9.26 Å².